The first-order valence-corrected chi connectivity index (χ1v) is 8.68. The summed E-state index contributed by atoms with van der Waals surface area (Å²) in [6, 6.07) is 11.5. The molecule has 26 heavy (non-hydrogen) atoms. The van der Waals surface area contributed by atoms with Gasteiger partial charge in [-0.25, -0.2) is 0 Å². The summed E-state index contributed by atoms with van der Waals surface area (Å²) in [5, 5.41) is 2.96. The van der Waals surface area contributed by atoms with Crippen molar-refractivity contribution < 1.29 is 14.3 Å². The molecule has 2 rings (SSSR count). The molecular weight excluding hydrogens is 328 g/mol. The van der Waals surface area contributed by atoms with Gasteiger partial charge in [-0.3, -0.25) is 14.5 Å². The molecule has 1 N–H and O–H groups in total. The summed E-state index contributed by atoms with van der Waals surface area (Å²) in [4.78, 5) is 26.3. The SMILES string of the molecule is CCc1cccc(C)c1NC(=O)CN(C(C)=O)c1cc(C)ccc1OC. The van der Waals surface area contributed by atoms with Gasteiger partial charge in [-0.15, -0.1) is 0 Å². The molecule has 5 nitrogen and oxygen atoms in total. The van der Waals surface area contributed by atoms with Crippen LogP contribution in [0.5, 0.6) is 5.75 Å². The van der Waals surface area contributed by atoms with Crippen molar-refractivity contribution in [3.05, 3.63) is 53.1 Å². The molecule has 0 saturated heterocycles. The number of rotatable bonds is 6. The molecule has 0 fully saturated rings. The van der Waals surface area contributed by atoms with Gasteiger partial charge in [0.25, 0.3) is 0 Å². The highest BCUT2D eigenvalue weighted by Gasteiger charge is 2.20. The van der Waals surface area contributed by atoms with Crippen LogP contribution in [0.1, 0.15) is 30.5 Å². The fourth-order valence-corrected chi connectivity index (χ4v) is 2.90. The normalized spacial score (nSPS) is 10.3. The van der Waals surface area contributed by atoms with E-state index in [2.05, 4.69) is 5.32 Å². The van der Waals surface area contributed by atoms with Gasteiger partial charge in [0.05, 0.1) is 12.8 Å². The van der Waals surface area contributed by atoms with Crippen LogP contribution in [0, 0.1) is 13.8 Å². The molecule has 0 heterocycles. The standard InChI is InChI=1S/C21H26N2O3/c1-6-17-9-7-8-15(3)21(17)22-20(25)13-23(16(4)24)18-12-14(2)10-11-19(18)26-5/h7-12H,6,13H2,1-5H3,(H,22,25). The number of hydrogen-bond acceptors (Lipinski definition) is 3. The lowest BCUT2D eigenvalue weighted by molar-refractivity contribution is -0.120. The van der Waals surface area contributed by atoms with Crippen LogP contribution in [0.25, 0.3) is 0 Å². The molecule has 0 spiro atoms. The number of benzene rings is 2. The zero-order chi connectivity index (χ0) is 19.3. The fraction of sp³-hybridized carbons (Fsp3) is 0.333. The Hall–Kier alpha value is -2.82. The number of methoxy groups -OCH3 is 1. The number of carbonyl (C=O) groups is 2. The van der Waals surface area contributed by atoms with E-state index in [4.69, 9.17) is 4.74 Å². The smallest absolute Gasteiger partial charge is 0.244 e. The number of anilines is 2. The van der Waals surface area contributed by atoms with Crippen LogP contribution in [0.4, 0.5) is 11.4 Å². The van der Waals surface area contributed by atoms with E-state index in [1.807, 2.05) is 51.1 Å². The van der Waals surface area contributed by atoms with Crippen molar-refractivity contribution in [1.82, 2.24) is 0 Å². The Bertz CT molecular complexity index is 815. The second kappa shape index (κ2) is 8.52. The minimum atomic E-state index is -0.243. The number of amides is 2. The number of carbonyl (C=O) groups excluding carboxylic acids is 2. The van der Waals surface area contributed by atoms with Crippen LogP contribution in [0.3, 0.4) is 0 Å². The van der Waals surface area contributed by atoms with Gasteiger partial charge in [0.2, 0.25) is 11.8 Å². The first-order chi connectivity index (χ1) is 12.4. The van der Waals surface area contributed by atoms with Crippen molar-refractivity contribution >= 4 is 23.2 Å². The van der Waals surface area contributed by atoms with Gasteiger partial charge in [-0.2, -0.15) is 0 Å². The molecule has 2 aromatic rings. The van der Waals surface area contributed by atoms with Crippen LogP contribution in [-0.2, 0) is 16.0 Å². The molecule has 0 aliphatic heterocycles. The monoisotopic (exact) mass is 354 g/mol. The topological polar surface area (TPSA) is 58.6 Å². The molecule has 2 amide bonds. The van der Waals surface area contributed by atoms with Crippen molar-refractivity contribution in [3.8, 4) is 5.75 Å². The maximum Gasteiger partial charge on any atom is 0.244 e. The number of aryl methyl sites for hydroxylation is 3. The maximum atomic E-state index is 12.7. The largest absolute Gasteiger partial charge is 0.495 e. The highest BCUT2D eigenvalue weighted by Crippen LogP contribution is 2.29. The Morgan fingerprint density at radius 2 is 1.88 bits per heavy atom. The molecule has 138 valence electrons. The molecular formula is C21H26N2O3. The Balaban J connectivity index is 2.28. The Morgan fingerprint density at radius 1 is 1.15 bits per heavy atom. The molecule has 0 bridgehead atoms. The molecule has 0 unspecified atom stereocenters. The second-order valence-electron chi connectivity index (χ2n) is 6.29. The van der Waals surface area contributed by atoms with Gasteiger partial charge < -0.3 is 10.1 Å². The van der Waals surface area contributed by atoms with Gasteiger partial charge in [0.15, 0.2) is 0 Å². The van der Waals surface area contributed by atoms with Gasteiger partial charge >= 0.3 is 0 Å². The summed E-state index contributed by atoms with van der Waals surface area (Å²) >= 11 is 0. The van der Waals surface area contributed by atoms with Gasteiger partial charge in [0.1, 0.15) is 12.3 Å². The van der Waals surface area contributed by atoms with E-state index < -0.39 is 0 Å². The molecule has 5 heteroatoms. The van der Waals surface area contributed by atoms with Crippen molar-refractivity contribution in [2.75, 3.05) is 23.9 Å². The van der Waals surface area contributed by atoms with Crippen molar-refractivity contribution in [2.45, 2.75) is 34.1 Å². The van der Waals surface area contributed by atoms with E-state index in [9.17, 15) is 9.59 Å². The van der Waals surface area contributed by atoms with Crippen LogP contribution >= 0.6 is 0 Å². The van der Waals surface area contributed by atoms with Crippen LogP contribution in [0.15, 0.2) is 36.4 Å². The third kappa shape index (κ3) is 4.42. The van der Waals surface area contributed by atoms with Crippen molar-refractivity contribution in [3.63, 3.8) is 0 Å². The average Bonchev–Trinajstić information content (AvgIpc) is 2.61. The first-order valence-electron chi connectivity index (χ1n) is 8.68. The maximum absolute atomic E-state index is 12.7. The van der Waals surface area contributed by atoms with E-state index in [1.165, 1.54) is 11.8 Å². The number of hydrogen-bond donors (Lipinski definition) is 1. The molecule has 0 saturated carbocycles. The van der Waals surface area contributed by atoms with Crippen LogP contribution in [0.2, 0.25) is 0 Å². The lowest BCUT2D eigenvalue weighted by Gasteiger charge is -2.24. The highest BCUT2D eigenvalue weighted by atomic mass is 16.5. The van der Waals surface area contributed by atoms with Gasteiger partial charge in [-0.1, -0.05) is 31.2 Å². The molecule has 0 aromatic heterocycles. The third-order valence-corrected chi connectivity index (χ3v) is 4.31. The Kier molecular flexibility index (Phi) is 6.39. The number of para-hydroxylation sites is 1. The van der Waals surface area contributed by atoms with E-state index >= 15 is 0 Å². The number of nitrogens with zero attached hydrogens (tertiary/aromatic N) is 1. The highest BCUT2D eigenvalue weighted by molar-refractivity contribution is 6.03. The summed E-state index contributed by atoms with van der Waals surface area (Å²) in [7, 11) is 1.55. The molecule has 0 aliphatic rings. The van der Waals surface area contributed by atoms with E-state index in [1.54, 1.807) is 13.2 Å². The summed E-state index contributed by atoms with van der Waals surface area (Å²) in [6.07, 6.45) is 0.819. The van der Waals surface area contributed by atoms with Gasteiger partial charge in [0, 0.05) is 12.6 Å². The molecule has 0 radical (unpaired) electrons. The lowest BCUT2D eigenvalue weighted by atomic mass is 10.1. The zero-order valence-corrected chi connectivity index (χ0v) is 16.1. The van der Waals surface area contributed by atoms with Crippen molar-refractivity contribution in [1.29, 1.82) is 0 Å². The summed E-state index contributed by atoms with van der Waals surface area (Å²) in [6.45, 7) is 7.31. The summed E-state index contributed by atoms with van der Waals surface area (Å²) in [5.74, 6) is 0.0982. The number of ether oxygens (including phenoxy) is 1. The van der Waals surface area contributed by atoms with E-state index in [0.29, 0.717) is 11.4 Å². The third-order valence-electron chi connectivity index (χ3n) is 4.31. The second-order valence-corrected chi connectivity index (χ2v) is 6.29. The van der Waals surface area contributed by atoms with E-state index in [-0.39, 0.29) is 18.4 Å². The zero-order valence-electron chi connectivity index (χ0n) is 16.1. The van der Waals surface area contributed by atoms with Gasteiger partial charge in [-0.05, 0) is 49.1 Å². The van der Waals surface area contributed by atoms with Crippen LogP contribution in [-0.4, -0.2) is 25.5 Å². The average molecular weight is 354 g/mol. The molecule has 0 aliphatic carbocycles. The lowest BCUT2D eigenvalue weighted by Crippen LogP contribution is -2.37. The molecule has 2 aromatic carbocycles. The van der Waals surface area contributed by atoms with Crippen LogP contribution < -0.4 is 15.0 Å². The predicted molar refractivity (Wildman–Crippen MR) is 105 cm³/mol. The van der Waals surface area contributed by atoms with Crippen molar-refractivity contribution in [2.24, 2.45) is 0 Å². The molecule has 0 atom stereocenters. The quantitative estimate of drug-likeness (QED) is 0.857. The summed E-state index contributed by atoms with van der Waals surface area (Å²) in [5.41, 5.74) is 4.47. The van der Waals surface area contributed by atoms with E-state index in [0.717, 1.165) is 28.8 Å². The Morgan fingerprint density at radius 3 is 2.50 bits per heavy atom. The minimum absolute atomic E-state index is 0.0768. The Labute approximate surface area is 155 Å². The minimum Gasteiger partial charge on any atom is -0.495 e. The fourth-order valence-electron chi connectivity index (χ4n) is 2.90. The summed E-state index contributed by atoms with van der Waals surface area (Å²) < 4.78 is 5.36. The number of nitrogens with one attached hydrogen (secondary N) is 1. The first kappa shape index (κ1) is 19.5. The predicted octanol–water partition coefficient (Wildman–Crippen LogP) is 3.87.